The Bertz CT molecular complexity index is 1040. The van der Waals surface area contributed by atoms with Crippen molar-refractivity contribution in [3.8, 4) is 11.1 Å². The van der Waals surface area contributed by atoms with E-state index in [4.69, 9.17) is 0 Å². The lowest BCUT2D eigenvalue weighted by Gasteiger charge is -2.33. The number of nitrogens with one attached hydrogen (secondary N) is 1. The predicted octanol–water partition coefficient (Wildman–Crippen LogP) is 5.35. The van der Waals surface area contributed by atoms with Gasteiger partial charge in [-0.15, -0.1) is 0 Å². The Morgan fingerprint density at radius 3 is 2.28 bits per heavy atom. The highest BCUT2D eigenvalue weighted by Gasteiger charge is 2.36. The number of hydrogen-bond donors (Lipinski definition) is 1. The number of likely N-dealkylation sites (tertiary alicyclic amines) is 1. The van der Waals surface area contributed by atoms with E-state index < -0.39 is 0 Å². The minimum Gasteiger partial charge on any atom is -0.352 e. The third kappa shape index (κ3) is 4.63. The molecule has 1 N–H and O–H groups in total. The van der Waals surface area contributed by atoms with Gasteiger partial charge >= 0.3 is 0 Å². The number of nitrogens with zero attached hydrogens (tertiary/aromatic N) is 1. The van der Waals surface area contributed by atoms with Crippen LogP contribution in [0.25, 0.3) is 11.1 Å². The van der Waals surface area contributed by atoms with Crippen LogP contribution in [0.4, 0.5) is 0 Å². The number of fused-ring (bicyclic) bond motifs is 2. The van der Waals surface area contributed by atoms with Crippen LogP contribution in [0.2, 0.25) is 0 Å². The molecule has 1 saturated heterocycles. The monoisotopic (exact) mass is 424 g/mol. The molecule has 1 fully saturated rings. The molecule has 0 radical (unpaired) electrons. The smallest absolute Gasteiger partial charge is 0.251 e. The molecule has 1 amide bonds. The lowest BCUT2D eigenvalue weighted by Crippen LogP contribution is -2.38. The number of carbonyl (C=O) groups excluding carboxylic acids is 1. The largest absolute Gasteiger partial charge is 0.352 e. The second kappa shape index (κ2) is 9.70. The number of unbranched alkanes of at least 4 members (excludes halogenated alkanes) is 1. The molecule has 3 aromatic carbocycles. The average molecular weight is 425 g/mol. The van der Waals surface area contributed by atoms with Gasteiger partial charge in [-0.05, 0) is 85.5 Å². The SMILES string of the molecule is O=C(NCCCCN1CC[C@H]2Cc3ccccc3C[C@H]21)c1ccc(-c2ccccc2)cc1. The van der Waals surface area contributed by atoms with E-state index in [0.717, 1.165) is 43.0 Å². The summed E-state index contributed by atoms with van der Waals surface area (Å²) < 4.78 is 0. The maximum absolute atomic E-state index is 12.5. The highest BCUT2D eigenvalue weighted by atomic mass is 16.1. The summed E-state index contributed by atoms with van der Waals surface area (Å²) in [6.07, 6.45) is 5.94. The van der Waals surface area contributed by atoms with Crippen LogP contribution in [-0.2, 0) is 12.8 Å². The van der Waals surface area contributed by atoms with E-state index in [0.29, 0.717) is 6.04 Å². The molecule has 3 nitrogen and oxygen atoms in total. The Balaban J connectivity index is 1.05. The molecule has 0 aromatic heterocycles. The molecule has 0 spiro atoms. The van der Waals surface area contributed by atoms with Gasteiger partial charge in [0.1, 0.15) is 0 Å². The first kappa shape index (κ1) is 21.0. The van der Waals surface area contributed by atoms with E-state index in [-0.39, 0.29) is 5.91 Å². The van der Waals surface area contributed by atoms with Crippen molar-refractivity contribution in [2.45, 2.75) is 38.1 Å². The highest BCUT2D eigenvalue weighted by molar-refractivity contribution is 5.94. The molecule has 0 saturated carbocycles. The fraction of sp³-hybridized carbons (Fsp3) is 0.345. The summed E-state index contributed by atoms with van der Waals surface area (Å²) in [5, 5.41) is 3.10. The zero-order chi connectivity index (χ0) is 21.8. The van der Waals surface area contributed by atoms with Gasteiger partial charge < -0.3 is 5.32 Å². The summed E-state index contributed by atoms with van der Waals surface area (Å²) in [5.41, 5.74) is 6.15. The van der Waals surface area contributed by atoms with Gasteiger partial charge in [-0.25, -0.2) is 0 Å². The van der Waals surface area contributed by atoms with E-state index in [2.05, 4.69) is 46.6 Å². The minimum absolute atomic E-state index is 0.0229. The molecular formula is C29H32N2O. The van der Waals surface area contributed by atoms with E-state index in [1.807, 2.05) is 42.5 Å². The fourth-order valence-corrected chi connectivity index (χ4v) is 5.45. The van der Waals surface area contributed by atoms with Crippen molar-refractivity contribution in [2.24, 2.45) is 5.92 Å². The first-order valence-corrected chi connectivity index (χ1v) is 12.0. The lowest BCUT2D eigenvalue weighted by atomic mass is 9.80. The lowest BCUT2D eigenvalue weighted by molar-refractivity contribution is 0.0952. The van der Waals surface area contributed by atoms with Gasteiger partial charge in [-0.2, -0.15) is 0 Å². The molecule has 3 aromatic rings. The van der Waals surface area contributed by atoms with Gasteiger partial charge in [0, 0.05) is 18.2 Å². The van der Waals surface area contributed by atoms with Gasteiger partial charge in [-0.3, -0.25) is 9.69 Å². The molecule has 1 aliphatic heterocycles. The van der Waals surface area contributed by atoms with Gasteiger partial charge in [0.05, 0.1) is 0 Å². The maximum atomic E-state index is 12.5. The van der Waals surface area contributed by atoms with Crippen LogP contribution in [0.5, 0.6) is 0 Å². The summed E-state index contributed by atoms with van der Waals surface area (Å²) in [4.78, 5) is 15.2. The maximum Gasteiger partial charge on any atom is 0.251 e. The zero-order valence-electron chi connectivity index (χ0n) is 18.7. The quantitative estimate of drug-likeness (QED) is 0.518. The molecule has 3 heteroatoms. The summed E-state index contributed by atoms with van der Waals surface area (Å²) in [7, 11) is 0. The van der Waals surface area contributed by atoms with Crippen molar-refractivity contribution < 1.29 is 4.79 Å². The first-order chi connectivity index (χ1) is 15.8. The minimum atomic E-state index is 0.0229. The van der Waals surface area contributed by atoms with Gasteiger partial charge in [0.2, 0.25) is 0 Å². The van der Waals surface area contributed by atoms with E-state index >= 15 is 0 Å². The van der Waals surface area contributed by atoms with Gasteiger partial charge in [0.25, 0.3) is 5.91 Å². The van der Waals surface area contributed by atoms with Gasteiger partial charge in [-0.1, -0.05) is 66.7 Å². The second-order valence-electron chi connectivity index (χ2n) is 9.24. The van der Waals surface area contributed by atoms with Gasteiger partial charge in [0.15, 0.2) is 0 Å². The summed E-state index contributed by atoms with van der Waals surface area (Å²) in [6, 6.07) is 27.8. The highest BCUT2D eigenvalue weighted by Crippen LogP contribution is 2.35. The van der Waals surface area contributed by atoms with Crippen LogP contribution >= 0.6 is 0 Å². The van der Waals surface area contributed by atoms with Crippen LogP contribution in [0.1, 0.15) is 40.7 Å². The van der Waals surface area contributed by atoms with Crippen LogP contribution in [0.3, 0.4) is 0 Å². The first-order valence-electron chi connectivity index (χ1n) is 12.0. The molecule has 2 atom stereocenters. The second-order valence-corrected chi connectivity index (χ2v) is 9.24. The van der Waals surface area contributed by atoms with E-state index in [9.17, 15) is 4.79 Å². The van der Waals surface area contributed by atoms with Crippen LogP contribution in [0.15, 0.2) is 78.9 Å². The van der Waals surface area contributed by atoms with Crippen LogP contribution in [-0.4, -0.2) is 36.5 Å². The summed E-state index contributed by atoms with van der Waals surface area (Å²) >= 11 is 0. The van der Waals surface area contributed by atoms with E-state index in [1.165, 1.54) is 31.4 Å². The molecule has 32 heavy (non-hydrogen) atoms. The zero-order valence-corrected chi connectivity index (χ0v) is 18.7. The Hall–Kier alpha value is -2.91. The molecular weight excluding hydrogens is 392 g/mol. The standard InChI is InChI=1S/C29H32N2O/c32-29(24-14-12-23(13-15-24)22-8-2-1-3-9-22)30-17-6-7-18-31-19-16-27-20-25-10-4-5-11-26(25)21-28(27)31/h1-5,8-15,27-28H,6-7,16-21H2,(H,30,32)/t27-,28+/m0/s1. The van der Waals surface area contributed by atoms with Crippen LogP contribution in [0, 0.1) is 5.92 Å². The van der Waals surface area contributed by atoms with E-state index in [1.54, 1.807) is 11.1 Å². The fourth-order valence-electron chi connectivity index (χ4n) is 5.45. The summed E-state index contributed by atoms with van der Waals surface area (Å²) in [6.45, 7) is 3.11. The number of rotatable bonds is 7. The molecule has 5 rings (SSSR count). The van der Waals surface area contributed by atoms with Crippen molar-refractivity contribution >= 4 is 5.91 Å². The third-order valence-electron chi connectivity index (χ3n) is 7.24. The molecule has 1 aliphatic carbocycles. The van der Waals surface area contributed by atoms with Crippen molar-refractivity contribution in [1.82, 2.24) is 10.2 Å². The molecule has 0 bridgehead atoms. The van der Waals surface area contributed by atoms with Crippen LogP contribution < -0.4 is 5.32 Å². The third-order valence-corrected chi connectivity index (χ3v) is 7.24. The number of hydrogen-bond acceptors (Lipinski definition) is 2. The average Bonchev–Trinajstić information content (AvgIpc) is 3.24. The van der Waals surface area contributed by atoms with Crippen molar-refractivity contribution in [1.29, 1.82) is 0 Å². The van der Waals surface area contributed by atoms with Crippen molar-refractivity contribution in [3.63, 3.8) is 0 Å². The Labute approximate surface area is 191 Å². The molecule has 0 unspecified atom stereocenters. The Morgan fingerprint density at radius 1 is 0.812 bits per heavy atom. The molecule has 2 aliphatic rings. The number of amides is 1. The topological polar surface area (TPSA) is 32.3 Å². The Morgan fingerprint density at radius 2 is 1.50 bits per heavy atom. The Kier molecular flexibility index (Phi) is 6.36. The van der Waals surface area contributed by atoms with Crippen molar-refractivity contribution in [3.05, 3.63) is 95.6 Å². The van der Waals surface area contributed by atoms with Crippen molar-refractivity contribution in [2.75, 3.05) is 19.6 Å². The molecule has 164 valence electrons. The normalized spacial score (nSPS) is 19.9. The molecule has 1 heterocycles. The predicted molar refractivity (Wildman–Crippen MR) is 131 cm³/mol. The number of carbonyl (C=O) groups is 1. The summed E-state index contributed by atoms with van der Waals surface area (Å²) in [5.74, 6) is 0.846. The number of benzene rings is 3.